The van der Waals surface area contributed by atoms with Crippen LogP contribution in [0.2, 0.25) is 0 Å². The SMILES string of the molecule is CC(C)Cc1ccc(C(=O)NCC(O)c2ccc(OC(F)F)cc2)cc1. The Balaban J connectivity index is 1.87. The topological polar surface area (TPSA) is 58.6 Å². The molecule has 140 valence electrons. The Morgan fingerprint density at radius 2 is 1.69 bits per heavy atom. The Hall–Kier alpha value is -2.47. The molecule has 2 aromatic carbocycles. The fourth-order valence-corrected chi connectivity index (χ4v) is 2.54. The van der Waals surface area contributed by atoms with Crippen LogP contribution in [-0.2, 0) is 6.42 Å². The van der Waals surface area contributed by atoms with Gasteiger partial charge in [0.25, 0.3) is 5.91 Å². The van der Waals surface area contributed by atoms with E-state index in [9.17, 15) is 18.7 Å². The molecule has 0 heterocycles. The van der Waals surface area contributed by atoms with E-state index in [0.29, 0.717) is 17.0 Å². The second kappa shape index (κ2) is 9.29. The Bertz CT molecular complexity index is 700. The average molecular weight is 363 g/mol. The van der Waals surface area contributed by atoms with Crippen molar-refractivity contribution in [2.24, 2.45) is 5.92 Å². The van der Waals surface area contributed by atoms with Crippen LogP contribution in [0.15, 0.2) is 48.5 Å². The van der Waals surface area contributed by atoms with Crippen molar-refractivity contribution in [1.29, 1.82) is 0 Å². The van der Waals surface area contributed by atoms with Crippen molar-refractivity contribution in [3.8, 4) is 5.75 Å². The molecule has 0 saturated heterocycles. The highest BCUT2D eigenvalue weighted by atomic mass is 19.3. The molecule has 0 saturated carbocycles. The van der Waals surface area contributed by atoms with Crippen LogP contribution in [0.25, 0.3) is 0 Å². The smallest absolute Gasteiger partial charge is 0.387 e. The number of amides is 1. The number of hydrogen-bond acceptors (Lipinski definition) is 3. The number of nitrogens with one attached hydrogen (secondary N) is 1. The first-order valence-electron chi connectivity index (χ1n) is 8.45. The van der Waals surface area contributed by atoms with Crippen molar-refractivity contribution in [3.05, 3.63) is 65.2 Å². The van der Waals surface area contributed by atoms with Crippen molar-refractivity contribution in [2.45, 2.75) is 33.0 Å². The first-order chi connectivity index (χ1) is 12.3. The van der Waals surface area contributed by atoms with Crippen molar-refractivity contribution in [1.82, 2.24) is 5.32 Å². The summed E-state index contributed by atoms with van der Waals surface area (Å²) < 4.78 is 28.5. The van der Waals surface area contributed by atoms with Crippen LogP contribution in [0.5, 0.6) is 5.75 Å². The van der Waals surface area contributed by atoms with Gasteiger partial charge in [-0.1, -0.05) is 38.1 Å². The van der Waals surface area contributed by atoms with Crippen molar-refractivity contribution < 1.29 is 23.4 Å². The molecule has 0 bridgehead atoms. The molecular formula is C20H23F2NO3. The molecule has 26 heavy (non-hydrogen) atoms. The number of aliphatic hydroxyl groups excluding tert-OH is 1. The maximum atomic E-state index is 12.2. The number of alkyl halides is 2. The molecule has 0 aliphatic carbocycles. The second-order valence-corrected chi connectivity index (χ2v) is 6.47. The van der Waals surface area contributed by atoms with Crippen LogP contribution in [0.1, 0.15) is 41.4 Å². The van der Waals surface area contributed by atoms with E-state index in [1.807, 2.05) is 12.1 Å². The Kier molecular flexibility index (Phi) is 7.09. The number of hydrogen-bond donors (Lipinski definition) is 2. The fourth-order valence-electron chi connectivity index (χ4n) is 2.54. The van der Waals surface area contributed by atoms with Crippen molar-refractivity contribution in [3.63, 3.8) is 0 Å². The van der Waals surface area contributed by atoms with E-state index in [-0.39, 0.29) is 18.2 Å². The normalized spacial score (nSPS) is 12.3. The number of carbonyl (C=O) groups excluding carboxylic acids is 1. The Labute approximate surface area is 151 Å². The number of rotatable bonds is 8. The van der Waals surface area contributed by atoms with E-state index in [2.05, 4.69) is 23.9 Å². The molecule has 2 rings (SSSR count). The maximum Gasteiger partial charge on any atom is 0.387 e. The Morgan fingerprint density at radius 1 is 1.08 bits per heavy atom. The fraction of sp³-hybridized carbons (Fsp3) is 0.350. The quantitative estimate of drug-likeness (QED) is 0.747. The van der Waals surface area contributed by atoms with Gasteiger partial charge in [-0.2, -0.15) is 8.78 Å². The van der Waals surface area contributed by atoms with Crippen LogP contribution in [-0.4, -0.2) is 24.2 Å². The lowest BCUT2D eigenvalue weighted by Gasteiger charge is -2.13. The zero-order chi connectivity index (χ0) is 19.1. The summed E-state index contributed by atoms with van der Waals surface area (Å²) in [6.07, 6.45) is 0.00562. The standard InChI is InChI=1S/C20H23F2NO3/c1-13(2)11-14-3-5-16(6-4-14)19(25)23-12-18(24)15-7-9-17(10-8-15)26-20(21)22/h3-10,13,18,20,24H,11-12H2,1-2H3,(H,23,25). The monoisotopic (exact) mass is 363 g/mol. The molecule has 6 heteroatoms. The van der Waals surface area contributed by atoms with Crippen LogP contribution in [0.4, 0.5) is 8.78 Å². The molecule has 4 nitrogen and oxygen atoms in total. The highest BCUT2D eigenvalue weighted by Gasteiger charge is 2.12. The summed E-state index contributed by atoms with van der Waals surface area (Å²) in [6, 6.07) is 13.0. The van der Waals surface area contributed by atoms with Gasteiger partial charge in [-0.15, -0.1) is 0 Å². The van der Waals surface area contributed by atoms with Gasteiger partial charge in [0.1, 0.15) is 5.75 Å². The first-order valence-corrected chi connectivity index (χ1v) is 8.45. The molecule has 0 spiro atoms. The van der Waals surface area contributed by atoms with E-state index in [0.717, 1.165) is 6.42 Å². The van der Waals surface area contributed by atoms with Gasteiger partial charge in [0.15, 0.2) is 0 Å². The number of benzene rings is 2. The van der Waals surface area contributed by atoms with Gasteiger partial charge in [0.2, 0.25) is 0 Å². The molecule has 1 amide bonds. The highest BCUT2D eigenvalue weighted by Crippen LogP contribution is 2.19. The van der Waals surface area contributed by atoms with Crippen molar-refractivity contribution in [2.75, 3.05) is 6.54 Å². The summed E-state index contributed by atoms with van der Waals surface area (Å²) in [6.45, 7) is 1.39. The number of carbonyl (C=O) groups is 1. The zero-order valence-corrected chi connectivity index (χ0v) is 14.8. The van der Waals surface area contributed by atoms with E-state index in [4.69, 9.17) is 0 Å². The highest BCUT2D eigenvalue weighted by molar-refractivity contribution is 5.94. The van der Waals surface area contributed by atoms with Crippen LogP contribution < -0.4 is 10.1 Å². The lowest BCUT2D eigenvalue weighted by atomic mass is 10.0. The maximum absolute atomic E-state index is 12.2. The summed E-state index contributed by atoms with van der Waals surface area (Å²) in [5, 5.41) is 12.8. The summed E-state index contributed by atoms with van der Waals surface area (Å²) >= 11 is 0. The van der Waals surface area contributed by atoms with Gasteiger partial charge in [0.05, 0.1) is 6.10 Å². The minimum atomic E-state index is -2.89. The van der Waals surface area contributed by atoms with E-state index in [1.165, 1.54) is 29.8 Å². The predicted octanol–water partition coefficient (Wildman–Crippen LogP) is 3.95. The minimum Gasteiger partial charge on any atom is -0.435 e. The van der Waals surface area contributed by atoms with Gasteiger partial charge in [-0.05, 0) is 47.7 Å². The second-order valence-electron chi connectivity index (χ2n) is 6.47. The molecule has 1 unspecified atom stereocenters. The molecular weight excluding hydrogens is 340 g/mol. The van der Waals surface area contributed by atoms with E-state index < -0.39 is 12.7 Å². The van der Waals surface area contributed by atoms with Crippen LogP contribution >= 0.6 is 0 Å². The molecule has 0 aromatic heterocycles. The molecule has 2 N–H and O–H groups in total. The van der Waals surface area contributed by atoms with Gasteiger partial charge in [-0.3, -0.25) is 4.79 Å². The zero-order valence-electron chi connectivity index (χ0n) is 14.8. The van der Waals surface area contributed by atoms with Gasteiger partial charge in [-0.25, -0.2) is 0 Å². The van der Waals surface area contributed by atoms with Crippen LogP contribution in [0.3, 0.4) is 0 Å². The summed E-state index contributed by atoms with van der Waals surface area (Å²) in [5.74, 6) is 0.279. The third-order valence-corrected chi connectivity index (χ3v) is 3.81. The van der Waals surface area contributed by atoms with Crippen molar-refractivity contribution >= 4 is 5.91 Å². The van der Waals surface area contributed by atoms with E-state index in [1.54, 1.807) is 12.1 Å². The largest absolute Gasteiger partial charge is 0.435 e. The molecule has 0 aliphatic heterocycles. The molecule has 0 aliphatic rings. The van der Waals surface area contributed by atoms with Gasteiger partial charge < -0.3 is 15.2 Å². The number of aliphatic hydroxyl groups is 1. The summed E-state index contributed by atoms with van der Waals surface area (Å²) in [4.78, 5) is 12.2. The summed E-state index contributed by atoms with van der Waals surface area (Å²) in [5.41, 5.74) is 2.19. The van der Waals surface area contributed by atoms with Gasteiger partial charge in [0, 0.05) is 12.1 Å². The lowest BCUT2D eigenvalue weighted by molar-refractivity contribution is -0.0498. The molecule has 0 radical (unpaired) electrons. The van der Waals surface area contributed by atoms with Gasteiger partial charge >= 0.3 is 6.61 Å². The minimum absolute atomic E-state index is 0.0153. The number of ether oxygens (including phenoxy) is 1. The van der Waals surface area contributed by atoms with Crippen LogP contribution in [0, 0.1) is 5.92 Å². The van der Waals surface area contributed by atoms with E-state index >= 15 is 0 Å². The molecule has 1 atom stereocenters. The third-order valence-electron chi connectivity index (χ3n) is 3.81. The predicted molar refractivity (Wildman–Crippen MR) is 95.4 cm³/mol. The Morgan fingerprint density at radius 3 is 2.23 bits per heavy atom. The average Bonchev–Trinajstić information content (AvgIpc) is 2.59. The molecule has 0 fully saturated rings. The molecule has 2 aromatic rings. The number of halogens is 2. The third kappa shape index (κ3) is 6.11. The lowest BCUT2D eigenvalue weighted by Crippen LogP contribution is -2.28. The summed E-state index contributed by atoms with van der Waals surface area (Å²) in [7, 11) is 0. The first kappa shape index (κ1) is 19.8.